The second-order valence-corrected chi connectivity index (χ2v) is 9.00. The van der Waals surface area contributed by atoms with Gasteiger partial charge in [-0.05, 0) is 0 Å². The number of carbonyl (C=O) groups excluding carboxylic acids is 2. The Morgan fingerprint density at radius 3 is 1.76 bits per heavy atom. The van der Waals surface area contributed by atoms with Gasteiger partial charge in [0.2, 0.25) is 0 Å². The fraction of sp³-hybridized carbons (Fsp3) is 0.500. The van der Waals surface area contributed by atoms with Gasteiger partial charge in [0.1, 0.15) is 0 Å². The van der Waals surface area contributed by atoms with Crippen molar-refractivity contribution in [1.29, 1.82) is 0 Å². The van der Waals surface area contributed by atoms with Crippen LogP contribution in [-0.4, -0.2) is 39.3 Å². The van der Waals surface area contributed by atoms with Crippen molar-refractivity contribution in [3.63, 3.8) is 0 Å². The van der Waals surface area contributed by atoms with Crippen molar-refractivity contribution in [2.75, 3.05) is 0 Å². The standard InChI is InChI=1S/C12H16O2SSe2/c1-3-7-16-11(13)9-5-6-10(15-9)12(14)17-8-4-2/h5-6H,3-4,7-8H2,1-2H3. The Morgan fingerprint density at radius 1 is 1.00 bits per heavy atom. The van der Waals surface area contributed by atoms with Gasteiger partial charge in [-0.25, -0.2) is 0 Å². The third-order valence-corrected chi connectivity index (χ3v) is 8.14. The zero-order valence-corrected chi connectivity index (χ0v) is 14.3. The Morgan fingerprint density at radius 2 is 1.41 bits per heavy atom. The van der Waals surface area contributed by atoms with Crippen molar-refractivity contribution in [1.82, 2.24) is 0 Å². The second-order valence-electron chi connectivity index (χ2n) is 3.44. The summed E-state index contributed by atoms with van der Waals surface area (Å²) in [6.07, 6.45) is 2.12. The van der Waals surface area contributed by atoms with Crippen LogP contribution < -0.4 is 0 Å². The molecule has 0 aromatic carbocycles. The van der Waals surface area contributed by atoms with E-state index in [2.05, 4.69) is 13.8 Å². The molecule has 0 aliphatic heterocycles. The molecule has 0 aliphatic carbocycles. The van der Waals surface area contributed by atoms with Crippen molar-refractivity contribution in [2.45, 2.75) is 37.3 Å². The number of hydrogen-bond donors (Lipinski definition) is 0. The van der Waals surface area contributed by atoms with Crippen LogP contribution in [0.3, 0.4) is 0 Å². The normalized spacial score (nSPS) is 10.5. The van der Waals surface area contributed by atoms with E-state index in [0.717, 1.165) is 33.2 Å². The molecule has 1 rings (SSSR count). The molecule has 2 nitrogen and oxygen atoms in total. The molecule has 1 aromatic rings. The molecule has 94 valence electrons. The van der Waals surface area contributed by atoms with E-state index >= 15 is 0 Å². The van der Waals surface area contributed by atoms with Gasteiger partial charge in [0, 0.05) is 0 Å². The van der Waals surface area contributed by atoms with Gasteiger partial charge in [0.25, 0.3) is 0 Å². The van der Waals surface area contributed by atoms with Crippen LogP contribution >= 0.6 is 11.3 Å². The summed E-state index contributed by atoms with van der Waals surface area (Å²) in [5, 5.41) is 1.99. The Hall–Kier alpha value is 0.0790. The molecule has 0 unspecified atom stereocenters. The Labute approximate surface area is 119 Å². The van der Waals surface area contributed by atoms with Crippen LogP contribution in [0.1, 0.15) is 46.0 Å². The van der Waals surface area contributed by atoms with Crippen LogP contribution in [0.2, 0.25) is 10.6 Å². The summed E-state index contributed by atoms with van der Waals surface area (Å²) in [7, 11) is 0. The molecular weight excluding hydrogens is 366 g/mol. The first-order valence-corrected chi connectivity index (χ1v) is 10.6. The van der Waals surface area contributed by atoms with Crippen LogP contribution in [0.4, 0.5) is 0 Å². The molecule has 0 bridgehead atoms. The van der Waals surface area contributed by atoms with E-state index in [1.165, 1.54) is 11.3 Å². The molecule has 0 N–H and O–H groups in total. The molecule has 0 saturated carbocycles. The molecule has 5 heteroatoms. The third kappa shape index (κ3) is 5.07. The summed E-state index contributed by atoms with van der Waals surface area (Å²) in [6.45, 7) is 4.18. The summed E-state index contributed by atoms with van der Waals surface area (Å²) >= 11 is 1.48. The molecular formula is C12H16O2SSe2. The molecule has 1 aromatic heterocycles. The summed E-state index contributed by atoms with van der Waals surface area (Å²) in [5.41, 5.74) is 0. The molecule has 0 radical (unpaired) electrons. The number of thiophene rings is 1. The van der Waals surface area contributed by atoms with Crippen LogP contribution in [0, 0.1) is 0 Å². The average molecular weight is 382 g/mol. The van der Waals surface area contributed by atoms with E-state index in [-0.39, 0.29) is 39.3 Å². The molecule has 0 fully saturated rings. The number of rotatable bonds is 8. The quantitative estimate of drug-likeness (QED) is 0.648. The van der Waals surface area contributed by atoms with E-state index in [4.69, 9.17) is 0 Å². The topological polar surface area (TPSA) is 34.1 Å². The first-order chi connectivity index (χ1) is 8.19. The van der Waals surface area contributed by atoms with Gasteiger partial charge < -0.3 is 0 Å². The van der Waals surface area contributed by atoms with E-state index in [9.17, 15) is 9.59 Å². The van der Waals surface area contributed by atoms with Crippen LogP contribution in [0.15, 0.2) is 12.1 Å². The maximum absolute atomic E-state index is 11.8. The van der Waals surface area contributed by atoms with E-state index < -0.39 is 0 Å². The van der Waals surface area contributed by atoms with E-state index in [1.54, 1.807) is 0 Å². The van der Waals surface area contributed by atoms with E-state index in [1.807, 2.05) is 12.1 Å². The zero-order valence-electron chi connectivity index (χ0n) is 10.0. The Kier molecular flexibility index (Phi) is 7.33. The van der Waals surface area contributed by atoms with Crippen molar-refractivity contribution < 1.29 is 9.59 Å². The van der Waals surface area contributed by atoms with Crippen LogP contribution in [0.5, 0.6) is 0 Å². The number of carbonyl (C=O) groups is 2. The number of hydrogen-bond acceptors (Lipinski definition) is 3. The van der Waals surface area contributed by atoms with Crippen LogP contribution in [0.25, 0.3) is 0 Å². The predicted molar refractivity (Wildman–Crippen MR) is 74.7 cm³/mol. The zero-order chi connectivity index (χ0) is 12.7. The van der Waals surface area contributed by atoms with Crippen LogP contribution in [-0.2, 0) is 0 Å². The molecule has 0 spiro atoms. The first kappa shape index (κ1) is 15.1. The van der Waals surface area contributed by atoms with Crippen molar-refractivity contribution >= 4 is 50.6 Å². The summed E-state index contributed by atoms with van der Waals surface area (Å²) in [5.74, 6) is 0. The molecule has 17 heavy (non-hydrogen) atoms. The fourth-order valence-electron chi connectivity index (χ4n) is 1.09. The first-order valence-electron chi connectivity index (χ1n) is 5.63. The van der Waals surface area contributed by atoms with Gasteiger partial charge in [-0.3, -0.25) is 0 Å². The van der Waals surface area contributed by atoms with Crippen molar-refractivity contribution in [3.8, 4) is 0 Å². The molecule has 1 heterocycles. The minimum absolute atomic E-state index is 0.0501. The molecule has 0 atom stereocenters. The van der Waals surface area contributed by atoms with Crippen molar-refractivity contribution in [3.05, 3.63) is 21.9 Å². The minimum atomic E-state index is 0.0501. The fourth-order valence-corrected chi connectivity index (χ4v) is 5.42. The van der Waals surface area contributed by atoms with Gasteiger partial charge in [-0.15, -0.1) is 0 Å². The predicted octanol–water partition coefficient (Wildman–Crippen LogP) is 3.09. The van der Waals surface area contributed by atoms with Gasteiger partial charge in [0.15, 0.2) is 0 Å². The van der Waals surface area contributed by atoms with E-state index in [0.29, 0.717) is 0 Å². The van der Waals surface area contributed by atoms with Gasteiger partial charge >= 0.3 is 119 Å². The Balaban J connectivity index is 2.58. The summed E-state index contributed by atoms with van der Waals surface area (Å²) in [4.78, 5) is 25.1. The van der Waals surface area contributed by atoms with Gasteiger partial charge in [-0.1, -0.05) is 0 Å². The Bertz CT molecular complexity index is 353. The molecule has 0 aliphatic rings. The summed E-state index contributed by atoms with van der Waals surface area (Å²) in [6, 6.07) is 3.64. The van der Waals surface area contributed by atoms with Gasteiger partial charge in [0.05, 0.1) is 0 Å². The second kappa shape index (κ2) is 8.23. The summed E-state index contributed by atoms with van der Waals surface area (Å²) < 4.78 is 0.484. The monoisotopic (exact) mass is 384 g/mol. The molecule has 0 amide bonds. The SMILES string of the molecule is CCC[Se]C(=O)c1ccc(C(=O)[Se]CCC)s1. The third-order valence-electron chi connectivity index (χ3n) is 1.88. The average Bonchev–Trinajstić information content (AvgIpc) is 2.82. The van der Waals surface area contributed by atoms with Crippen molar-refractivity contribution in [2.24, 2.45) is 0 Å². The van der Waals surface area contributed by atoms with Gasteiger partial charge in [-0.2, -0.15) is 0 Å². The maximum atomic E-state index is 11.8. The molecule has 0 saturated heterocycles.